The summed E-state index contributed by atoms with van der Waals surface area (Å²) in [5.74, 6) is -6.63. The number of alkyl halides is 2. The van der Waals surface area contributed by atoms with Gasteiger partial charge in [0.1, 0.15) is 35.2 Å². The number of nitrogens with one attached hydrogen (secondary N) is 4. The molecule has 3 aromatic heterocycles. The molecule has 0 unspecified atom stereocenters. The van der Waals surface area contributed by atoms with Gasteiger partial charge in [0.25, 0.3) is 21.8 Å². The van der Waals surface area contributed by atoms with Gasteiger partial charge in [-0.1, -0.05) is 24.3 Å². The van der Waals surface area contributed by atoms with Crippen LogP contribution in [0.4, 0.5) is 30.4 Å². The minimum atomic E-state index is -5.08. The molecule has 5 amide bonds. The molecule has 2 saturated carbocycles. The Morgan fingerprint density at radius 1 is 0.903 bits per heavy atom. The molecule has 6 N–H and O–H groups in total. The SMILES string of the molecule is C[C@H](Oc1cc(-c2nn(C)c3c(-c4cnn(C5CCC(C(=O)NC6CC(Nc7cccc8c7C(=O)N([C@@H]7CCC(=O)NC7=O)C8=O)C6)CC5)c4)cnc(N)c23)ccc1NS(=O)(=O)C(F)F)c1ccc(F)cc1. The second-order valence-corrected chi connectivity index (χ2v) is 20.2. The number of nitrogens with two attached hydrogens (primary N) is 1. The van der Waals surface area contributed by atoms with Gasteiger partial charge in [0.2, 0.25) is 17.7 Å². The molecule has 72 heavy (non-hydrogen) atoms. The molecule has 0 bridgehead atoms. The number of amides is 5. The fraction of sp³-hybridized carbons (Fsp3) is 0.347. The molecule has 4 aliphatic rings. The summed E-state index contributed by atoms with van der Waals surface area (Å²) < 4.78 is 76.7. The standard InChI is InChI=1S/C49H48F3N11O8S/c1-24(25-6-11-29(50)12-7-25)71-38-18-27(10-15-35(38)60-72(69,70)49(51)52)42-41-43(61(2)59-42)34(22-54-44(41)53)28-21-55-62(23-28)32-13-8-26(9-14-32)45(65)57-31-19-30(20-31)56-36-5-3-4-33-40(36)48(68)63(47(33)67)37-16-17-39(64)58-46(37)66/h3-7,10-12,15,18,21-24,26,30-32,37,49,56,60H,8-9,13-14,16-17,19-20H2,1-2H3,(H2,53,54)(H,57,65)(H,58,64,66)/t24-,26?,30?,31?,32?,37+/m0/s1. The monoisotopic (exact) mass is 1010 g/mol. The van der Waals surface area contributed by atoms with E-state index in [1.165, 1.54) is 42.5 Å². The largest absolute Gasteiger partial charge is 0.484 e. The zero-order chi connectivity index (χ0) is 50.7. The minimum Gasteiger partial charge on any atom is -0.484 e. The van der Waals surface area contributed by atoms with Gasteiger partial charge in [-0.2, -0.15) is 19.0 Å². The van der Waals surface area contributed by atoms with Crippen LogP contribution in [0.1, 0.15) is 96.7 Å². The third-order valence-corrected chi connectivity index (χ3v) is 14.9. The maximum absolute atomic E-state index is 13.7. The molecule has 23 heteroatoms. The summed E-state index contributed by atoms with van der Waals surface area (Å²) in [7, 11) is -3.36. The highest BCUT2D eigenvalue weighted by Crippen LogP contribution is 2.42. The zero-order valence-corrected chi connectivity index (χ0v) is 39.6. The van der Waals surface area contributed by atoms with E-state index in [0.717, 1.165) is 10.5 Å². The number of carbonyl (C=O) groups is 5. The van der Waals surface area contributed by atoms with Gasteiger partial charge in [0, 0.05) is 66.2 Å². The minimum absolute atomic E-state index is 0.0178. The molecule has 0 spiro atoms. The van der Waals surface area contributed by atoms with Gasteiger partial charge in [-0.3, -0.25) is 48.3 Å². The predicted octanol–water partition coefficient (Wildman–Crippen LogP) is 6.22. The van der Waals surface area contributed by atoms with Crippen molar-refractivity contribution in [1.29, 1.82) is 0 Å². The highest BCUT2D eigenvalue weighted by atomic mass is 32.2. The Hall–Kier alpha value is -7.82. The number of hydrogen-bond acceptors (Lipinski definition) is 13. The quantitative estimate of drug-likeness (QED) is 0.0762. The number of carbonyl (C=O) groups excluding carboxylic acids is 5. The number of benzene rings is 3. The van der Waals surface area contributed by atoms with E-state index in [1.807, 2.05) is 15.6 Å². The number of nitrogen functional groups attached to an aromatic ring is 1. The highest BCUT2D eigenvalue weighted by Gasteiger charge is 2.46. The Bertz CT molecular complexity index is 3300. The summed E-state index contributed by atoms with van der Waals surface area (Å²) >= 11 is 0. The van der Waals surface area contributed by atoms with Crippen molar-refractivity contribution in [3.05, 3.63) is 102 Å². The lowest BCUT2D eigenvalue weighted by atomic mass is 9.83. The Balaban J connectivity index is 0.780. The number of hydrogen-bond donors (Lipinski definition) is 5. The van der Waals surface area contributed by atoms with Crippen molar-refractivity contribution in [1.82, 2.24) is 40.1 Å². The smallest absolute Gasteiger partial charge is 0.355 e. The second-order valence-electron chi connectivity index (χ2n) is 18.6. The summed E-state index contributed by atoms with van der Waals surface area (Å²) in [6.07, 6.45) is 8.50. The molecule has 5 heterocycles. The number of sulfonamides is 1. The van der Waals surface area contributed by atoms with Crippen molar-refractivity contribution in [2.75, 3.05) is 15.8 Å². The Morgan fingerprint density at radius 3 is 2.38 bits per heavy atom. The van der Waals surface area contributed by atoms with Crippen LogP contribution in [0.5, 0.6) is 5.75 Å². The zero-order valence-electron chi connectivity index (χ0n) is 38.8. The van der Waals surface area contributed by atoms with E-state index in [0.29, 0.717) is 77.5 Å². The number of aromatic nitrogens is 5. The molecule has 2 aliphatic heterocycles. The number of rotatable bonds is 14. The molecule has 0 radical (unpaired) electrons. The third-order valence-electron chi connectivity index (χ3n) is 13.9. The molecular weight excluding hydrogens is 960 g/mol. The van der Waals surface area contributed by atoms with Crippen molar-refractivity contribution >= 4 is 67.7 Å². The van der Waals surface area contributed by atoms with Crippen molar-refractivity contribution in [3.63, 3.8) is 0 Å². The molecule has 2 atom stereocenters. The number of aryl methyl sites for hydroxylation is 1. The van der Waals surface area contributed by atoms with Crippen LogP contribution < -0.4 is 31.1 Å². The first-order valence-corrected chi connectivity index (χ1v) is 24.9. The normalized spacial score (nSPS) is 21.6. The number of anilines is 3. The van der Waals surface area contributed by atoms with Crippen molar-refractivity contribution in [2.24, 2.45) is 13.0 Å². The first-order chi connectivity index (χ1) is 34.4. The van der Waals surface area contributed by atoms with Gasteiger partial charge in [-0.15, -0.1) is 0 Å². The molecule has 374 valence electrons. The Kier molecular flexibility index (Phi) is 12.4. The van der Waals surface area contributed by atoms with Crippen LogP contribution >= 0.6 is 0 Å². The molecule has 3 aromatic carbocycles. The van der Waals surface area contributed by atoms with Gasteiger partial charge in [0.05, 0.1) is 40.0 Å². The van der Waals surface area contributed by atoms with E-state index in [9.17, 15) is 45.6 Å². The maximum Gasteiger partial charge on any atom is 0.355 e. The van der Waals surface area contributed by atoms with Crippen LogP contribution in [0.15, 0.2) is 79.3 Å². The number of nitrogens with zero attached hydrogens (tertiary/aromatic N) is 6. The summed E-state index contributed by atoms with van der Waals surface area (Å²) in [5.41, 5.74) is 10.4. The van der Waals surface area contributed by atoms with Crippen LogP contribution in [0.2, 0.25) is 0 Å². The fourth-order valence-electron chi connectivity index (χ4n) is 10.1. The van der Waals surface area contributed by atoms with E-state index in [1.54, 1.807) is 49.2 Å². The third kappa shape index (κ3) is 8.96. The lowest BCUT2D eigenvalue weighted by Crippen LogP contribution is -2.54. The molecular formula is C49H48F3N11O8S. The number of pyridine rings is 1. The molecule has 19 nitrogen and oxygen atoms in total. The van der Waals surface area contributed by atoms with Crippen molar-refractivity contribution in [3.8, 4) is 28.1 Å². The lowest BCUT2D eigenvalue weighted by molar-refractivity contribution is -0.136. The van der Waals surface area contributed by atoms with E-state index in [4.69, 9.17) is 20.7 Å². The van der Waals surface area contributed by atoms with Crippen molar-refractivity contribution < 1.29 is 50.3 Å². The summed E-state index contributed by atoms with van der Waals surface area (Å²) in [6, 6.07) is 13.4. The summed E-state index contributed by atoms with van der Waals surface area (Å²) in [6.45, 7) is 1.64. The average molecular weight is 1010 g/mol. The molecule has 2 aliphatic carbocycles. The number of ether oxygens (including phenoxy) is 1. The first-order valence-electron chi connectivity index (χ1n) is 23.4. The van der Waals surface area contributed by atoms with Gasteiger partial charge in [-0.05, 0) is 93.8 Å². The van der Waals surface area contributed by atoms with Crippen LogP contribution in [-0.2, 0) is 31.5 Å². The van der Waals surface area contributed by atoms with Gasteiger partial charge in [0.15, 0.2) is 0 Å². The van der Waals surface area contributed by atoms with Gasteiger partial charge in [-0.25, -0.2) is 17.8 Å². The van der Waals surface area contributed by atoms with E-state index in [-0.39, 0.29) is 71.2 Å². The van der Waals surface area contributed by atoms with Gasteiger partial charge >= 0.3 is 5.76 Å². The number of imide groups is 2. The van der Waals surface area contributed by atoms with Crippen LogP contribution in [0.25, 0.3) is 33.3 Å². The van der Waals surface area contributed by atoms with E-state index >= 15 is 0 Å². The molecule has 6 aromatic rings. The van der Waals surface area contributed by atoms with Gasteiger partial charge < -0.3 is 21.1 Å². The summed E-state index contributed by atoms with van der Waals surface area (Å²) in [5, 5.41) is 18.7. The lowest BCUT2D eigenvalue weighted by Gasteiger charge is -2.38. The topological polar surface area (TPSA) is 255 Å². The number of halogens is 3. The van der Waals surface area contributed by atoms with Crippen LogP contribution in [0, 0.1) is 11.7 Å². The first kappa shape index (κ1) is 47.8. The second kappa shape index (κ2) is 18.7. The molecule has 1 saturated heterocycles. The average Bonchev–Trinajstić information content (AvgIpc) is 4.04. The Morgan fingerprint density at radius 2 is 1.65 bits per heavy atom. The summed E-state index contributed by atoms with van der Waals surface area (Å²) in [4.78, 5) is 70.0. The van der Waals surface area contributed by atoms with E-state index in [2.05, 4.69) is 20.9 Å². The highest BCUT2D eigenvalue weighted by molar-refractivity contribution is 7.93. The predicted molar refractivity (Wildman–Crippen MR) is 256 cm³/mol. The number of fused-ring (bicyclic) bond motifs is 2. The maximum atomic E-state index is 13.7. The number of piperidine rings is 1. The Labute approximate surface area is 409 Å². The fourth-order valence-corrected chi connectivity index (χ4v) is 10.7. The van der Waals surface area contributed by atoms with Crippen molar-refractivity contribution in [2.45, 2.75) is 94.3 Å². The van der Waals surface area contributed by atoms with Crippen LogP contribution in [0.3, 0.4) is 0 Å². The molecule has 3 fully saturated rings. The molecule has 10 rings (SSSR count). The van der Waals surface area contributed by atoms with Crippen LogP contribution in [-0.4, -0.2) is 91.3 Å². The van der Waals surface area contributed by atoms with E-state index < -0.39 is 57.4 Å².